The Hall–Kier alpha value is -2.57. The Labute approximate surface area is 151 Å². The molecular weight excluding hydrogens is 334 g/mol. The van der Waals surface area contributed by atoms with Crippen molar-refractivity contribution in [3.63, 3.8) is 0 Å². The number of aryl methyl sites for hydroxylation is 1. The fourth-order valence-electron chi connectivity index (χ4n) is 3.91. The molecule has 1 saturated carbocycles. The number of esters is 1. The fourth-order valence-corrected chi connectivity index (χ4v) is 3.91. The van der Waals surface area contributed by atoms with Crippen LogP contribution in [0, 0.1) is 0 Å². The Balaban J connectivity index is 1.88. The van der Waals surface area contributed by atoms with Crippen LogP contribution in [-0.2, 0) is 27.4 Å². The molecule has 1 N–H and O–H groups in total. The third kappa shape index (κ3) is 3.13. The van der Waals surface area contributed by atoms with Gasteiger partial charge >= 0.3 is 11.7 Å². The predicted molar refractivity (Wildman–Crippen MR) is 97.8 cm³/mol. The van der Waals surface area contributed by atoms with E-state index in [-0.39, 0.29) is 18.1 Å². The maximum absolute atomic E-state index is 12.7. The number of rotatable bonds is 5. The SMILES string of the molecule is CCn1c(=O)n(CC(=O)NC2(C(=O)OC)CCCCC2)c2ccccc21. The van der Waals surface area contributed by atoms with E-state index < -0.39 is 11.5 Å². The van der Waals surface area contributed by atoms with Gasteiger partial charge < -0.3 is 10.1 Å². The molecule has 2 aromatic rings. The van der Waals surface area contributed by atoms with Gasteiger partial charge in [0, 0.05) is 6.54 Å². The number of hydrogen-bond donors (Lipinski definition) is 1. The Morgan fingerprint density at radius 3 is 2.31 bits per heavy atom. The number of carbonyl (C=O) groups excluding carboxylic acids is 2. The first-order chi connectivity index (χ1) is 12.5. The summed E-state index contributed by atoms with van der Waals surface area (Å²) >= 11 is 0. The van der Waals surface area contributed by atoms with Crippen LogP contribution in [0.15, 0.2) is 29.1 Å². The van der Waals surface area contributed by atoms with Crippen molar-refractivity contribution in [2.45, 2.75) is 57.7 Å². The first-order valence-electron chi connectivity index (χ1n) is 9.10. The van der Waals surface area contributed by atoms with Crippen LogP contribution in [-0.4, -0.2) is 33.7 Å². The van der Waals surface area contributed by atoms with Crippen LogP contribution in [0.3, 0.4) is 0 Å². The topological polar surface area (TPSA) is 82.3 Å². The van der Waals surface area contributed by atoms with E-state index in [1.54, 1.807) is 4.57 Å². The Morgan fingerprint density at radius 1 is 1.12 bits per heavy atom. The Kier molecular flexibility index (Phi) is 5.15. The molecule has 3 rings (SSSR count). The van der Waals surface area contributed by atoms with Crippen molar-refractivity contribution >= 4 is 22.9 Å². The minimum atomic E-state index is -0.975. The van der Waals surface area contributed by atoms with Gasteiger partial charge in [-0.05, 0) is 31.9 Å². The maximum atomic E-state index is 12.7. The number of nitrogens with one attached hydrogen (secondary N) is 1. The third-order valence-electron chi connectivity index (χ3n) is 5.21. The van der Waals surface area contributed by atoms with E-state index >= 15 is 0 Å². The lowest BCUT2D eigenvalue weighted by Crippen LogP contribution is -2.57. The third-order valence-corrected chi connectivity index (χ3v) is 5.21. The summed E-state index contributed by atoms with van der Waals surface area (Å²) in [5.74, 6) is -0.757. The smallest absolute Gasteiger partial charge is 0.331 e. The van der Waals surface area contributed by atoms with Gasteiger partial charge in [0.25, 0.3) is 0 Å². The number of nitrogens with zero attached hydrogens (tertiary/aromatic N) is 2. The second kappa shape index (κ2) is 7.35. The van der Waals surface area contributed by atoms with Crippen LogP contribution >= 0.6 is 0 Å². The number of ether oxygens (including phenoxy) is 1. The van der Waals surface area contributed by atoms with Gasteiger partial charge in [0.15, 0.2) is 0 Å². The van der Waals surface area contributed by atoms with E-state index in [0.29, 0.717) is 24.9 Å². The zero-order valence-electron chi connectivity index (χ0n) is 15.3. The molecule has 0 bridgehead atoms. The first kappa shape index (κ1) is 18.2. The average Bonchev–Trinajstić information content (AvgIpc) is 2.93. The van der Waals surface area contributed by atoms with E-state index in [1.165, 1.54) is 11.7 Å². The summed E-state index contributed by atoms with van der Waals surface area (Å²) in [5, 5.41) is 2.87. The number of methoxy groups -OCH3 is 1. The first-order valence-corrected chi connectivity index (χ1v) is 9.10. The second-order valence-electron chi connectivity index (χ2n) is 6.78. The van der Waals surface area contributed by atoms with Crippen molar-refractivity contribution < 1.29 is 14.3 Å². The van der Waals surface area contributed by atoms with Crippen molar-refractivity contribution in [1.29, 1.82) is 0 Å². The molecule has 0 aliphatic heterocycles. The summed E-state index contributed by atoms with van der Waals surface area (Å²) < 4.78 is 8.03. The van der Waals surface area contributed by atoms with Gasteiger partial charge in [-0.2, -0.15) is 0 Å². The van der Waals surface area contributed by atoms with Gasteiger partial charge in [-0.3, -0.25) is 13.9 Å². The summed E-state index contributed by atoms with van der Waals surface area (Å²) in [6, 6.07) is 7.40. The van der Waals surface area contributed by atoms with Gasteiger partial charge in [-0.25, -0.2) is 9.59 Å². The minimum Gasteiger partial charge on any atom is -0.467 e. The molecule has 1 aromatic carbocycles. The summed E-state index contributed by atoms with van der Waals surface area (Å²) in [7, 11) is 1.34. The monoisotopic (exact) mass is 359 g/mol. The lowest BCUT2D eigenvalue weighted by atomic mass is 9.81. The summed E-state index contributed by atoms with van der Waals surface area (Å²) in [6.45, 7) is 2.30. The molecule has 140 valence electrons. The molecule has 1 heterocycles. The van der Waals surface area contributed by atoms with E-state index in [0.717, 1.165) is 24.8 Å². The average molecular weight is 359 g/mol. The molecule has 1 fully saturated rings. The van der Waals surface area contributed by atoms with Gasteiger partial charge in [0.1, 0.15) is 12.1 Å². The Bertz CT molecular complexity index is 875. The van der Waals surface area contributed by atoms with Crippen molar-refractivity contribution in [2.24, 2.45) is 0 Å². The van der Waals surface area contributed by atoms with E-state index in [2.05, 4.69) is 5.32 Å². The number of carbonyl (C=O) groups is 2. The fraction of sp³-hybridized carbons (Fsp3) is 0.526. The Morgan fingerprint density at radius 2 is 1.73 bits per heavy atom. The number of hydrogen-bond acceptors (Lipinski definition) is 4. The highest BCUT2D eigenvalue weighted by Gasteiger charge is 2.42. The molecule has 0 radical (unpaired) electrons. The number of imidazole rings is 1. The van der Waals surface area contributed by atoms with Crippen LogP contribution in [0.4, 0.5) is 0 Å². The van der Waals surface area contributed by atoms with Crippen LogP contribution < -0.4 is 11.0 Å². The highest BCUT2D eigenvalue weighted by atomic mass is 16.5. The van der Waals surface area contributed by atoms with E-state index in [4.69, 9.17) is 4.74 Å². The maximum Gasteiger partial charge on any atom is 0.331 e. The number of aromatic nitrogens is 2. The quantitative estimate of drug-likeness (QED) is 0.826. The summed E-state index contributed by atoms with van der Waals surface area (Å²) in [5.41, 5.74) is 0.314. The van der Waals surface area contributed by atoms with E-state index in [9.17, 15) is 14.4 Å². The van der Waals surface area contributed by atoms with Gasteiger partial charge in [-0.15, -0.1) is 0 Å². The summed E-state index contributed by atoms with van der Waals surface area (Å²) in [4.78, 5) is 37.7. The van der Waals surface area contributed by atoms with Gasteiger partial charge in [-0.1, -0.05) is 31.4 Å². The number of para-hydroxylation sites is 2. The predicted octanol–water partition coefficient (Wildman–Crippen LogP) is 1.81. The van der Waals surface area contributed by atoms with Gasteiger partial charge in [0.2, 0.25) is 5.91 Å². The van der Waals surface area contributed by atoms with Crippen LogP contribution in [0.25, 0.3) is 11.0 Å². The number of amides is 1. The zero-order valence-corrected chi connectivity index (χ0v) is 15.3. The molecular formula is C19H25N3O4. The zero-order chi connectivity index (χ0) is 18.7. The van der Waals surface area contributed by atoms with Crippen molar-refractivity contribution in [3.05, 3.63) is 34.7 Å². The van der Waals surface area contributed by atoms with Crippen molar-refractivity contribution in [2.75, 3.05) is 7.11 Å². The lowest BCUT2D eigenvalue weighted by molar-refractivity contribution is -0.152. The summed E-state index contributed by atoms with van der Waals surface area (Å²) in [6.07, 6.45) is 3.90. The minimum absolute atomic E-state index is 0.120. The van der Waals surface area contributed by atoms with Gasteiger partial charge in [0.05, 0.1) is 18.1 Å². The number of fused-ring (bicyclic) bond motifs is 1. The van der Waals surface area contributed by atoms with Crippen molar-refractivity contribution in [1.82, 2.24) is 14.5 Å². The largest absolute Gasteiger partial charge is 0.467 e. The molecule has 26 heavy (non-hydrogen) atoms. The molecule has 7 nitrogen and oxygen atoms in total. The highest BCUT2D eigenvalue weighted by molar-refractivity contribution is 5.88. The standard InChI is InChI=1S/C19H25N3O4/c1-3-21-14-9-5-6-10-15(14)22(18(21)25)13-16(23)20-19(17(24)26-2)11-7-4-8-12-19/h5-6,9-10H,3-4,7-8,11-13H2,1-2H3,(H,20,23). The molecule has 0 saturated heterocycles. The van der Waals surface area contributed by atoms with Crippen LogP contribution in [0.2, 0.25) is 0 Å². The highest BCUT2D eigenvalue weighted by Crippen LogP contribution is 2.29. The van der Waals surface area contributed by atoms with Crippen molar-refractivity contribution in [3.8, 4) is 0 Å². The lowest BCUT2D eigenvalue weighted by Gasteiger charge is -2.35. The number of benzene rings is 1. The van der Waals surface area contributed by atoms with Crippen LogP contribution in [0.5, 0.6) is 0 Å². The second-order valence-corrected chi connectivity index (χ2v) is 6.78. The molecule has 0 spiro atoms. The normalized spacial score (nSPS) is 16.4. The molecule has 1 aliphatic rings. The molecule has 0 atom stereocenters. The molecule has 1 aliphatic carbocycles. The molecule has 1 amide bonds. The van der Waals surface area contributed by atoms with Crippen LogP contribution in [0.1, 0.15) is 39.0 Å². The molecule has 0 unspecified atom stereocenters. The van der Waals surface area contributed by atoms with E-state index in [1.807, 2.05) is 31.2 Å². The molecule has 1 aromatic heterocycles. The molecule has 7 heteroatoms.